The topological polar surface area (TPSA) is 107 Å². The van der Waals surface area contributed by atoms with Gasteiger partial charge in [-0.3, -0.25) is 4.55 Å². The fraction of sp³-hybridized carbons (Fsp3) is 0.778. The second-order valence-electron chi connectivity index (χ2n) is 17.8. The Labute approximate surface area is 382 Å². The second kappa shape index (κ2) is 42.5. The molecule has 0 aliphatic heterocycles. The average Bonchev–Trinajstić information content (AvgIpc) is 3.26. The van der Waals surface area contributed by atoms with Crippen LogP contribution < -0.4 is 0 Å². The third-order valence-electron chi connectivity index (χ3n) is 12.0. The molecule has 0 fully saturated rings. The SMILES string of the molecule is CCCCCCC/C=C/CCCCCCCCCCCCCCOC(=O)c1cccc(S(=O)(=O)O)c1C(=O)OCCCCCCCCCCCCCC/C=C/CCCCCCC. The van der Waals surface area contributed by atoms with Crippen molar-refractivity contribution >= 4 is 22.1 Å². The number of rotatable bonds is 45. The van der Waals surface area contributed by atoms with Gasteiger partial charge in [-0.2, -0.15) is 8.42 Å². The highest BCUT2D eigenvalue weighted by molar-refractivity contribution is 7.86. The summed E-state index contributed by atoms with van der Waals surface area (Å²) in [7, 11) is -4.77. The Hall–Kier alpha value is -2.45. The molecule has 62 heavy (non-hydrogen) atoms. The zero-order valence-electron chi connectivity index (χ0n) is 40.1. The maximum absolute atomic E-state index is 13.1. The summed E-state index contributed by atoms with van der Waals surface area (Å²) in [6.07, 6.45) is 56.3. The third-order valence-corrected chi connectivity index (χ3v) is 12.9. The molecule has 1 aromatic rings. The van der Waals surface area contributed by atoms with Crippen LogP contribution in [0.3, 0.4) is 0 Å². The fourth-order valence-corrected chi connectivity index (χ4v) is 8.78. The van der Waals surface area contributed by atoms with Crippen molar-refractivity contribution in [3.8, 4) is 0 Å². The Bertz CT molecular complexity index is 1370. The molecule has 0 heterocycles. The molecule has 7 nitrogen and oxygen atoms in total. The van der Waals surface area contributed by atoms with Crippen molar-refractivity contribution < 1.29 is 32.0 Å². The van der Waals surface area contributed by atoms with Crippen molar-refractivity contribution in [1.29, 1.82) is 0 Å². The number of allylic oxidation sites excluding steroid dienone is 4. The van der Waals surface area contributed by atoms with Crippen LogP contribution in [0.15, 0.2) is 47.4 Å². The fourth-order valence-electron chi connectivity index (χ4n) is 8.07. The van der Waals surface area contributed by atoms with Gasteiger partial charge in [-0.15, -0.1) is 0 Å². The summed E-state index contributed by atoms with van der Waals surface area (Å²) in [4.78, 5) is 25.5. The van der Waals surface area contributed by atoms with Crippen molar-refractivity contribution in [3.05, 3.63) is 53.6 Å². The molecule has 358 valence electrons. The van der Waals surface area contributed by atoms with Gasteiger partial charge in [0.15, 0.2) is 0 Å². The van der Waals surface area contributed by atoms with Crippen LogP contribution in [0.5, 0.6) is 0 Å². The quantitative estimate of drug-likeness (QED) is 0.0301. The maximum Gasteiger partial charge on any atom is 0.340 e. The summed E-state index contributed by atoms with van der Waals surface area (Å²) in [6.45, 7) is 4.81. The van der Waals surface area contributed by atoms with Crippen molar-refractivity contribution in [2.75, 3.05) is 13.2 Å². The molecule has 0 aliphatic rings. The number of hydrogen-bond donors (Lipinski definition) is 1. The smallest absolute Gasteiger partial charge is 0.340 e. The van der Waals surface area contributed by atoms with E-state index in [0.29, 0.717) is 12.8 Å². The molecule has 0 saturated carbocycles. The van der Waals surface area contributed by atoms with Crippen molar-refractivity contribution in [2.24, 2.45) is 0 Å². The van der Waals surface area contributed by atoms with Crippen LogP contribution in [0.2, 0.25) is 0 Å². The van der Waals surface area contributed by atoms with Gasteiger partial charge in [0.1, 0.15) is 4.90 Å². The highest BCUT2D eigenvalue weighted by atomic mass is 32.2. The van der Waals surface area contributed by atoms with Gasteiger partial charge in [0.25, 0.3) is 10.1 Å². The van der Waals surface area contributed by atoms with Gasteiger partial charge in [0, 0.05) is 0 Å². The zero-order valence-corrected chi connectivity index (χ0v) is 40.9. The summed E-state index contributed by atoms with van der Waals surface area (Å²) in [6, 6.07) is 3.78. The van der Waals surface area contributed by atoms with Gasteiger partial charge in [-0.1, -0.05) is 224 Å². The lowest BCUT2D eigenvalue weighted by molar-refractivity contribution is 0.0446. The molecule has 0 bridgehead atoms. The highest BCUT2D eigenvalue weighted by Crippen LogP contribution is 2.23. The molecule has 0 saturated heterocycles. The normalized spacial score (nSPS) is 11.9. The number of ether oxygens (including phenoxy) is 2. The molecule has 0 radical (unpaired) electrons. The Morgan fingerprint density at radius 3 is 1.05 bits per heavy atom. The van der Waals surface area contributed by atoms with E-state index in [2.05, 4.69) is 38.2 Å². The highest BCUT2D eigenvalue weighted by Gasteiger charge is 2.28. The summed E-state index contributed by atoms with van der Waals surface area (Å²) in [5.41, 5.74) is -0.669. The molecule has 1 rings (SSSR count). The van der Waals surface area contributed by atoms with Gasteiger partial charge in [0.2, 0.25) is 0 Å². The van der Waals surface area contributed by atoms with Gasteiger partial charge < -0.3 is 9.47 Å². The van der Waals surface area contributed by atoms with Crippen molar-refractivity contribution in [3.63, 3.8) is 0 Å². The van der Waals surface area contributed by atoms with E-state index in [0.717, 1.165) is 44.6 Å². The monoisotopic (exact) mass is 887 g/mol. The Morgan fingerprint density at radius 2 is 0.726 bits per heavy atom. The number of unbranched alkanes of at least 4 members (excludes halogenated alkanes) is 34. The predicted molar refractivity (Wildman–Crippen MR) is 262 cm³/mol. The number of carbonyl (C=O) groups excluding carboxylic acids is 2. The molecule has 0 aliphatic carbocycles. The van der Waals surface area contributed by atoms with Gasteiger partial charge >= 0.3 is 11.9 Å². The molecule has 8 heteroatoms. The molecular weight excluding hydrogens is 793 g/mol. The van der Waals surface area contributed by atoms with E-state index in [1.165, 1.54) is 205 Å². The predicted octanol–water partition coefficient (Wildman–Crippen LogP) is 17.2. The van der Waals surface area contributed by atoms with E-state index in [-0.39, 0.29) is 18.8 Å². The standard InChI is InChI=1S/C54H94O7S/c1-3-5-7-9-11-13-15-17-19-21-23-25-27-29-31-33-35-37-39-41-43-48-60-53(55)50-46-45-47-51(62(57,58)59)52(50)54(56)61-49-44-42-40-38-36-34-32-30-28-26-24-22-20-18-16-14-12-10-8-6-4-2/h15-18,45-47H,3-14,19-44,48-49H2,1-2H3,(H,57,58,59)/b17-15+,18-16+. The minimum absolute atomic E-state index is 0.111. The molecule has 0 amide bonds. The lowest BCUT2D eigenvalue weighted by Gasteiger charge is -2.13. The van der Waals surface area contributed by atoms with E-state index in [9.17, 15) is 22.6 Å². The summed E-state index contributed by atoms with van der Waals surface area (Å²) in [5.74, 6) is -1.74. The van der Waals surface area contributed by atoms with Gasteiger partial charge in [-0.05, 0) is 76.3 Å². The van der Waals surface area contributed by atoms with Crippen LogP contribution in [-0.2, 0) is 19.6 Å². The summed E-state index contributed by atoms with van der Waals surface area (Å²) in [5, 5.41) is 0. The van der Waals surface area contributed by atoms with Gasteiger partial charge in [-0.25, -0.2) is 9.59 Å². The van der Waals surface area contributed by atoms with E-state index < -0.39 is 32.5 Å². The average molecular weight is 887 g/mol. The summed E-state index contributed by atoms with van der Waals surface area (Å²) < 4.78 is 45.0. The Kier molecular flexibility index (Phi) is 39.5. The first-order chi connectivity index (χ1) is 30.3. The Morgan fingerprint density at radius 1 is 0.435 bits per heavy atom. The van der Waals surface area contributed by atoms with Crippen LogP contribution in [0.4, 0.5) is 0 Å². The first-order valence-corrected chi connectivity index (χ1v) is 27.5. The first-order valence-electron chi connectivity index (χ1n) is 26.1. The number of carbonyl (C=O) groups is 2. The van der Waals surface area contributed by atoms with Crippen LogP contribution in [0.25, 0.3) is 0 Å². The Balaban J connectivity index is 2.13. The summed E-state index contributed by atoms with van der Waals surface area (Å²) >= 11 is 0. The number of esters is 2. The first kappa shape index (κ1) is 57.6. The minimum atomic E-state index is -4.77. The molecule has 0 atom stereocenters. The number of benzene rings is 1. The van der Waals surface area contributed by atoms with Crippen molar-refractivity contribution in [1.82, 2.24) is 0 Å². The minimum Gasteiger partial charge on any atom is -0.462 e. The van der Waals surface area contributed by atoms with Gasteiger partial charge in [0.05, 0.1) is 24.3 Å². The van der Waals surface area contributed by atoms with Crippen LogP contribution in [0, 0.1) is 0 Å². The lowest BCUT2D eigenvalue weighted by Crippen LogP contribution is -2.19. The van der Waals surface area contributed by atoms with Crippen LogP contribution >= 0.6 is 0 Å². The molecule has 1 N–H and O–H groups in total. The second-order valence-corrected chi connectivity index (χ2v) is 19.2. The molecule has 1 aromatic carbocycles. The molecule has 0 unspecified atom stereocenters. The van der Waals surface area contributed by atoms with Crippen LogP contribution in [-0.4, -0.2) is 38.1 Å². The maximum atomic E-state index is 13.1. The van der Waals surface area contributed by atoms with E-state index in [1.807, 2.05) is 0 Å². The van der Waals surface area contributed by atoms with E-state index in [4.69, 9.17) is 9.47 Å². The molecular formula is C54H94O7S. The largest absolute Gasteiger partial charge is 0.462 e. The van der Waals surface area contributed by atoms with Crippen LogP contribution in [0.1, 0.15) is 279 Å². The molecule has 0 aromatic heterocycles. The zero-order chi connectivity index (χ0) is 45.0. The lowest BCUT2D eigenvalue weighted by atomic mass is 10.0. The number of hydrogen-bond acceptors (Lipinski definition) is 6. The van der Waals surface area contributed by atoms with E-state index >= 15 is 0 Å². The molecule has 0 spiro atoms. The third kappa shape index (κ3) is 34.0. The van der Waals surface area contributed by atoms with E-state index in [1.54, 1.807) is 0 Å². The van der Waals surface area contributed by atoms with Crippen molar-refractivity contribution in [2.45, 2.75) is 263 Å².